The van der Waals surface area contributed by atoms with E-state index >= 15 is 0 Å². The zero-order valence-corrected chi connectivity index (χ0v) is 13.6. The Balaban J connectivity index is 2.35. The van der Waals surface area contributed by atoms with Crippen molar-refractivity contribution in [2.45, 2.75) is 24.7 Å². The van der Waals surface area contributed by atoms with Gasteiger partial charge < -0.3 is 5.73 Å². The molecule has 0 saturated carbocycles. The SMILES string of the molecule is Cc1ccc(Br)cc1S(=O)(=O)N1CCCC(C(N)=O)C1. The quantitative estimate of drug-likeness (QED) is 0.889. The van der Waals surface area contributed by atoms with Crippen LogP contribution in [0.1, 0.15) is 18.4 Å². The van der Waals surface area contributed by atoms with Gasteiger partial charge in [-0.2, -0.15) is 4.31 Å². The Labute approximate surface area is 127 Å². The predicted molar refractivity (Wildman–Crippen MR) is 79.6 cm³/mol. The molecule has 1 aromatic rings. The Bertz CT molecular complexity index is 631. The van der Waals surface area contributed by atoms with Gasteiger partial charge in [0.15, 0.2) is 0 Å². The van der Waals surface area contributed by atoms with Gasteiger partial charge in [-0.15, -0.1) is 0 Å². The van der Waals surface area contributed by atoms with Crippen LogP contribution in [0.25, 0.3) is 0 Å². The van der Waals surface area contributed by atoms with Gasteiger partial charge in [0.1, 0.15) is 0 Å². The lowest BCUT2D eigenvalue weighted by Gasteiger charge is -2.30. The Morgan fingerprint density at radius 3 is 2.80 bits per heavy atom. The summed E-state index contributed by atoms with van der Waals surface area (Å²) in [5.74, 6) is -0.832. The van der Waals surface area contributed by atoms with Gasteiger partial charge in [0.25, 0.3) is 0 Å². The van der Waals surface area contributed by atoms with Crippen molar-refractivity contribution in [3.8, 4) is 0 Å². The van der Waals surface area contributed by atoms with Crippen LogP contribution in [0.5, 0.6) is 0 Å². The molecule has 7 heteroatoms. The fourth-order valence-corrected chi connectivity index (χ4v) is 4.67. The molecule has 0 bridgehead atoms. The standard InChI is InChI=1S/C13H17BrN2O3S/c1-9-4-5-11(14)7-12(9)20(18,19)16-6-2-3-10(8-16)13(15)17/h4-5,7,10H,2-3,6,8H2,1H3,(H2,15,17). The topological polar surface area (TPSA) is 80.5 Å². The fraction of sp³-hybridized carbons (Fsp3) is 0.462. The van der Waals surface area contributed by atoms with E-state index in [1.54, 1.807) is 25.1 Å². The molecular weight excluding hydrogens is 344 g/mol. The summed E-state index contributed by atoms with van der Waals surface area (Å²) in [6, 6.07) is 5.15. The van der Waals surface area contributed by atoms with E-state index in [1.165, 1.54) is 4.31 Å². The Hall–Kier alpha value is -0.920. The molecule has 1 amide bonds. The number of rotatable bonds is 3. The fourth-order valence-electron chi connectivity index (χ4n) is 2.38. The van der Waals surface area contributed by atoms with Gasteiger partial charge in [0, 0.05) is 17.6 Å². The summed E-state index contributed by atoms with van der Waals surface area (Å²) in [4.78, 5) is 11.6. The van der Waals surface area contributed by atoms with Crippen molar-refractivity contribution in [2.75, 3.05) is 13.1 Å². The minimum absolute atomic E-state index is 0.170. The lowest BCUT2D eigenvalue weighted by atomic mass is 9.99. The minimum atomic E-state index is -3.59. The van der Waals surface area contributed by atoms with Gasteiger partial charge in [-0.05, 0) is 37.5 Å². The van der Waals surface area contributed by atoms with Crippen LogP contribution in [0.3, 0.4) is 0 Å². The summed E-state index contributed by atoms with van der Waals surface area (Å²) in [6.45, 7) is 2.36. The second kappa shape index (κ2) is 5.83. The average molecular weight is 361 g/mol. The first kappa shape index (κ1) is 15.5. The third-order valence-corrected chi connectivity index (χ3v) is 6.05. The first-order valence-electron chi connectivity index (χ1n) is 6.38. The first-order chi connectivity index (χ1) is 9.32. The van der Waals surface area contributed by atoms with Crippen molar-refractivity contribution in [1.82, 2.24) is 4.31 Å². The number of sulfonamides is 1. The highest BCUT2D eigenvalue weighted by molar-refractivity contribution is 9.10. The number of primary amides is 1. The molecule has 0 aromatic heterocycles. The lowest BCUT2D eigenvalue weighted by Crippen LogP contribution is -2.44. The van der Waals surface area contributed by atoms with Crippen LogP contribution < -0.4 is 5.73 Å². The average Bonchev–Trinajstić information content (AvgIpc) is 2.41. The van der Waals surface area contributed by atoms with Crippen molar-refractivity contribution >= 4 is 31.9 Å². The molecule has 0 spiro atoms. The number of hydrogen-bond donors (Lipinski definition) is 1. The highest BCUT2D eigenvalue weighted by Crippen LogP contribution is 2.27. The van der Waals surface area contributed by atoms with Gasteiger partial charge >= 0.3 is 0 Å². The highest BCUT2D eigenvalue weighted by Gasteiger charge is 2.33. The Kier molecular flexibility index (Phi) is 4.51. The molecule has 0 aliphatic carbocycles. The van der Waals surface area contributed by atoms with Crippen LogP contribution in [0.4, 0.5) is 0 Å². The zero-order chi connectivity index (χ0) is 14.9. The van der Waals surface area contributed by atoms with Gasteiger partial charge in [0.2, 0.25) is 15.9 Å². The minimum Gasteiger partial charge on any atom is -0.369 e. The Morgan fingerprint density at radius 1 is 1.45 bits per heavy atom. The van der Waals surface area contributed by atoms with Gasteiger partial charge in [-0.25, -0.2) is 8.42 Å². The maximum Gasteiger partial charge on any atom is 0.243 e. The molecular formula is C13H17BrN2O3S. The molecule has 1 aliphatic rings. The van der Waals surface area contributed by atoms with Crippen molar-refractivity contribution in [1.29, 1.82) is 0 Å². The van der Waals surface area contributed by atoms with E-state index in [0.717, 1.165) is 0 Å². The van der Waals surface area contributed by atoms with Crippen LogP contribution in [0.15, 0.2) is 27.6 Å². The van der Waals surface area contributed by atoms with Gasteiger partial charge in [0.05, 0.1) is 10.8 Å². The first-order valence-corrected chi connectivity index (χ1v) is 8.61. The molecule has 1 unspecified atom stereocenters. The third-order valence-electron chi connectivity index (χ3n) is 3.55. The number of benzene rings is 1. The summed E-state index contributed by atoms with van der Waals surface area (Å²) in [5.41, 5.74) is 5.99. The molecule has 110 valence electrons. The summed E-state index contributed by atoms with van der Waals surface area (Å²) in [7, 11) is -3.59. The second-order valence-corrected chi connectivity index (χ2v) is 7.84. The van der Waals surface area contributed by atoms with Crippen LogP contribution >= 0.6 is 15.9 Å². The molecule has 1 aliphatic heterocycles. The maximum atomic E-state index is 12.7. The van der Waals surface area contributed by atoms with Crippen LogP contribution in [-0.2, 0) is 14.8 Å². The van der Waals surface area contributed by atoms with E-state index in [2.05, 4.69) is 15.9 Å². The van der Waals surface area contributed by atoms with Crippen LogP contribution in [-0.4, -0.2) is 31.7 Å². The number of hydrogen-bond acceptors (Lipinski definition) is 3. The van der Waals surface area contributed by atoms with Crippen molar-refractivity contribution < 1.29 is 13.2 Å². The molecule has 1 fully saturated rings. The maximum absolute atomic E-state index is 12.7. The summed E-state index contributed by atoms with van der Waals surface area (Å²) in [5, 5.41) is 0. The smallest absolute Gasteiger partial charge is 0.243 e. The number of carbonyl (C=O) groups excluding carboxylic acids is 1. The normalized spacial score (nSPS) is 20.8. The number of nitrogens with zero attached hydrogens (tertiary/aromatic N) is 1. The van der Waals surface area contributed by atoms with Gasteiger partial charge in [-0.3, -0.25) is 4.79 Å². The number of aryl methyl sites for hydroxylation is 1. The number of carbonyl (C=O) groups is 1. The van der Waals surface area contributed by atoms with Gasteiger partial charge in [-0.1, -0.05) is 22.0 Å². The van der Waals surface area contributed by atoms with Crippen LogP contribution in [0, 0.1) is 12.8 Å². The number of nitrogens with two attached hydrogens (primary N) is 1. The third kappa shape index (κ3) is 3.05. The number of halogens is 1. The van der Waals surface area contributed by atoms with Crippen molar-refractivity contribution in [2.24, 2.45) is 11.7 Å². The second-order valence-electron chi connectivity index (χ2n) is 5.01. The zero-order valence-electron chi connectivity index (χ0n) is 11.2. The summed E-state index contributed by atoms with van der Waals surface area (Å²) < 4.78 is 27.4. The van der Waals surface area contributed by atoms with E-state index in [4.69, 9.17) is 5.73 Å². The van der Waals surface area contributed by atoms with E-state index in [-0.39, 0.29) is 11.4 Å². The predicted octanol–water partition coefficient (Wildman–Crippen LogP) is 1.64. The number of amides is 1. The molecule has 2 N–H and O–H groups in total. The van der Waals surface area contributed by atoms with E-state index in [0.29, 0.717) is 29.4 Å². The van der Waals surface area contributed by atoms with E-state index in [1.807, 2.05) is 0 Å². The molecule has 0 radical (unpaired) electrons. The molecule has 1 saturated heterocycles. The monoisotopic (exact) mass is 360 g/mol. The summed E-state index contributed by atoms with van der Waals surface area (Å²) >= 11 is 3.29. The molecule has 20 heavy (non-hydrogen) atoms. The highest BCUT2D eigenvalue weighted by atomic mass is 79.9. The largest absolute Gasteiger partial charge is 0.369 e. The Morgan fingerprint density at radius 2 is 2.15 bits per heavy atom. The molecule has 5 nitrogen and oxygen atoms in total. The van der Waals surface area contributed by atoms with E-state index < -0.39 is 21.8 Å². The summed E-state index contributed by atoms with van der Waals surface area (Å²) in [6.07, 6.45) is 1.30. The van der Waals surface area contributed by atoms with Crippen molar-refractivity contribution in [3.05, 3.63) is 28.2 Å². The lowest BCUT2D eigenvalue weighted by molar-refractivity contribution is -0.122. The molecule has 1 heterocycles. The molecule has 1 atom stereocenters. The van der Waals surface area contributed by atoms with Crippen molar-refractivity contribution in [3.63, 3.8) is 0 Å². The van der Waals surface area contributed by atoms with Crippen LogP contribution in [0.2, 0.25) is 0 Å². The van der Waals surface area contributed by atoms with E-state index in [9.17, 15) is 13.2 Å². The molecule has 1 aromatic carbocycles. The number of piperidine rings is 1. The molecule has 2 rings (SSSR count).